The fourth-order valence-electron chi connectivity index (χ4n) is 5.24. The highest BCUT2D eigenvalue weighted by atomic mass is 35.5. The van der Waals surface area contributed by atoms with E-state index in [9.17, 15) is 24.1 Å². The predicted molar refractivity (Wildman–Crippen MR) is 142 cm³/mol. The zero-order valence-electron chi connectivity index (χ0n) is 20.3. The topological polar surface area (TPSA) is 101 Å². The number of allylic oxidation sites excluding steroid dienone is 3. The van der Waals surface area contributed by atoms with Crippen LogP contribution in [0.25, 0.3) is 0 Å². The first-order chi connectivity index (χ1) is 18.2. The van der Waals surface area contributed by atoms with Crippen LogP contribution < -0.4 is 10.6 Å². The number of carbonyl (C=O) groups is 2. The van der Waals surface area contributed by atoms with Gasteiger partial charge in [-0.15, -0.1) is 0 Å². The molecule has 1 amide bonds. The van der Waals surface area contributed by atoms with Crippen molar-refractivity contribution in [1.82, 2.24) is 5.32 Å². The number of anilines is 1. The third-order valence-corrected chi connectivity index (χ3v) is 7.29. The van der Waals surface area contributed by atoms with Gasteiger partial charge in [0.15, 0.2) is 5.78 Å². The number of hydrogen-bond acceptors (Lipinski definition) is 5. The normalized spacial score (nSPS) is 19.1. The largest absolute Gasteiger partial charge is 0.362 e. The molecule has 1 heterocycles. The molecular formula is C29H23ClFN3O4. The maximum Gasteiger partial charge on any atom is 0.288 e. The van der Waals surface area contributed by atoms with Crippen molar-refractivity contribution in [3.63, 3.8) is 0 Å². The lowest BCUT2D eigenvalue weighted by Gasteiger charge is -2.37. The maximum atomic E-state index is 14.4. The van der Waals surface area contributed by atoms with E-state index in [4.69, 9.17) is 11.6 Å². The van der Waals surface area contributed by atoms with Crippen molar-refractivity contribution in [2.45, 2.75) is 31.6 Å². The Kier molecular flexibility index (Phi) is 6.82. The summed E-state index contributed by atoms with van der Waals surface area (Å²) in [6.07, 6.45) is 0.745. The Balaban J connectivity index is 1.62. The summed E-state index contributed by atoms with van der Waals surface area (Å²) in [7, 11) is 0. The van der Waals surface area contributed by atoms with Crippen molar-refractivity contribution >= 4 is 34.7 Å². The summed E-state index contributed by atoms with van der Waals surface area (Å²) in [5, 5.41) is 17.5. The summed E-state index contributed by atoms with van der Waals surface area (Å²) >= 11 is 6.07. The molecule has 9 heteroatoms. The number of nitro groups is 1. The Hall–Kier alpha value is -4.30. The smallest absolute Gasteiger partial charge is 0.288 e. The molecule has 7 nitrogen and oxygen atoms in total. The Morgan fingerprint density at radius 1 is 1.05 bits per heavy atom. The molecular weight excluding hydrogens is 509 g/mol. The number of Topliss-reactive ketones (excluding diaryl/α,β-unsaturated/α-hetero) is 1. The summed E-state index contributed by atoms with van der Waals surface area (Å²) in [4.78, 5) is 38.3. The van der Waals surface area contributed by atoms with Gasteiger partial charge in [-0.05, 0) is 48.6 Å². The van der Waals surface area contributed by atoms with E-state index in [-0.39, 0.29) is 40.1 Å². The van der Waals surface area contributed by atoms with Crippen LogP contribution in [0, 0.1) is 15.9 Å². The maximum absolute atomic E-state index is 14.4. The third-order valence-electron chi connectivity index (χ3n) is 6.97. The second-order valence-corrected chi connectivity index (χ2v) is 9.74. The number of nitrogens with one attached hydrogen (secondary N) is 2. The molecule has 2 atom stereocenters. The fourth-order valence-corrected chi connectivity index (χ4v) is 5.42. The number of carbonyl (C=O) groups excluding carboxylic acids is 2. The molecule has 0 radical (unpaired) electrons. The van der Waals surface area contributed by atoms with E-state index >= 15 is 0 Å². The number of dihydropyridines is 1. The summed E-state index contributed by atoms with van der Waals surface area (Å²) < 4.78 is 14.4. The highest BCUT2D eigenvalue weighted by Crippen LogP contribution is 2.46. The summed E-state index contributed by atoms with van der Waals surface area (Å²) in [5.41, 5.74) is 2.74. The van der Waals surface area contributed by atoms with Gasteiger partial charge in [0.2, 0.25) is 0 Å². The van der Waals surface area contributed by atoms with Crippen LogP contribution in [0.15, 0.2) is 95.3 Å². The number of halogens is 2. The first-order valence-electron chi connectivity index (χ1n) is 12.0. The average Bonchev–Trinajstić information content (AvgIpc) is 2.89. The van der Waals surface area contributed by atoms with Gasteiger partial charge < -0.3 is 10.6 Å². The van der Waals surface area contributed by atoms with Crippen molar-refractivity contribution in [2.75, 3.05) is 5.32 Å². The van der Waals surface area contributed by atoms with Crippen molar-refractivity contribution in [2.24, 2.45) is 0 Å². The number of ketones is 1. The van der Waals surface area contributed by atoms with Crippen LogP contribution in [0.2, 0.25) is 5.02 Å². The molecule has 192 valence electrons. The molecule has 0 spiro atoms. The molecule has 0 saturated heterocycles. The zero-order valence-corrected chi connectivity index (χ0v) is 21.1. The first-order valence-corrected chi connectivity index (χ1v) is 12.4. The lowest BCUT2D eigenvalue weighted by atomic mass is 9.71. The molecule has 0 saturated carbocycles. The van der Waals surface area contributed by atoms with Crippen LogP contribution in [-0.2, 0) is 9.59 Å². The monoisotopic (exact) mass is 531 g/mol. The van der Waals surface area contributed by atoms with Gasteiger partial charge in [-0.1, -0.05) is 60.1 Å². The predicted octanol–water partition coefficient (Wildman–Crippen LogP) is 6.39. The average molecular weight is 532 g/mol. The van der Waals surface area contributed by atoms with Crippen LogP contribution >= 0.6 is 11.6 Å². The number of nitro benzene ring substituents is 1. The number of para-hydroxylation sites is 1. The molecule has 0 aromatic heterocycles. The standard InChI is InChI=1S/C29H23ClFN3O4/c1-16-26(29(36)33-22-10-6-5-9-21(22)31)27(18-11-12-20(30)24(14-18)34(37)38)28-23(32-16)13-19(15-25(28)35)17-7-3-2-4-8-17/h2-12,14,19,27,32H,13,15H2,1H3,(H,33,36). The molecule has 1 aliphatic heterocycles. The quantitative estimate of drug-likeness (QED) is 0.293. The van der Waals surface area contributed by atoms with Crippen molar-refractivity contribution in [3.8, 4) is 0 Å². The van der Waals surface area contributed by atoms with E-state index in [1.54, 1.807) is 19.1 Å². The van der Waals surface area contributed by atoms with Crippen LogP contribution in [0.5, 0.6) is 0 Å². The van der Waals surface area contributed by atoms with Gasteiger partial charge in [0, 0.05) is 40.9 Å². The van der Waals surface area contributed by atoms with Gasteiger partial charge in [0.1, 0.15) is 10.8 Å². The number of benzene rings is 3. The fraction of sp³-hybridized carbons (Fsp3) is 0.172. The Bertz CT molecular complexity index is 1530. The number of amides is 1. The molecule has 38 heavy (non-hydrogen) atoms. The third kappa shape index (κ3) is 4.70. The molecule has 2 N–H and O–H groups in total. The molecule has 5 rings (SSSR count). The van der Waals surface area contributed by atoms with Crippen molar-refractivity contribution in [3.05, 3.63) is 127 Å². The second kappa shape index (κ2) is 10.2. The van der Waals surface area contributed by atoms with Gasteiger partial charge >= 0.3 is 0 Å². The molecule has 0 bridgehead atoms. The highest BCUT2D eigenvalue weighted by molar-refractivity contribution is 6.32. The van der Waals surface area contributed by atoms with E-state index in [1.807, 2.05) is 30.3 Å². The Morgan fingerprint density at radius 3 is 2.47 bits per heavy atom. The van der Waals surface area contributed by atoms with Crippen LogP contribution in [0.1, 0.15) is 42.7 Å². The van der Waals surface area contributed by atoms with E-state index in [0.29, 0.717) is 29.0 Å². The van der Waals surface area contributed by atoms with Gasteiger partial charge in [0.05, 0.1) is 10.6 Å². The number of rotatable bonds is 5. The first kappa shape index (κ1) is 25.4. The van der Waals surface area contributed by atoms with E-state index in [2.05, 4.69) is 10.6 Å². The van der Waals surface area contributed by atoms with E-state index in [1.165, 1.54) is 30.3 Å². The van der Waals surface area contributed by atoms with E-state index in [0.717, 1.165) is 5.56 Å². The molecule has 3 aromatic rings. The molecule has 3 aromatic carbocycles. The summed E-state index contributed by atoms with van der Waals surface area (Å²) in [5.74, 6) is -2.36. The highest BCUT2D eigenvalue weighted by Gasteiger charge is 2.41. The minimum absolute atomic E-state index is 0.0162. The minimum atomic E-state index is -0.904. The number of nitrogens with zero attached hydrogens (tertiary/aromatic N) is 1. The van der Waals surface area contributed by atoms with Gasteiger partial charge in [-0.3, -0.25) is 19.7 Å². The molecule has 2 unspecified atom stereocenters. The minimum Gasteiger partial charge on any atom is -0.362 e. The van der Waals surface area contributed by atoms with Crippen LogP contribution in [-0.4, -0.2) is 16.6 Å². The van der Waals surface area contributed by atoms with Gasteiger partial charge in [-0.25, -0.2) is 4.39 Å². The molecule has 0 fully saturated rings. The SMILES string of the molecule is CC1=C(C(=O)Nc2ccccc2F)C(c2ccc(Cl)c([N+](=O)[O-])c2)C2=C(CC(c3ccccc3)CC2=O)N1. The van der Waals surface area contributed by atoms with Crippen LogP contribution in [0.3, 0.4) is 0 Å². The molecule has 2 aliphatic rings. The Morgan fingerprint density at radius 2 is 1.76 bits per heavy atom. The second-order valence-electron chi connectivity index (χ2n) is 9.33. The summed E-state index contributed by atoms with van der Waals surface area (Å²) in [6.45, 7) is 1.70. The summed E-state index contributed by atoms with van der Waals surface area (Å²) in [6, 6.07) is 19.7. The van der Waals surface area contributed by atoms with Crippen LogP contribution in [0.4, 0.5) is 15.8 Å². The Labute approximate surface area is 223 Å². The van der Waals surface area contributed by atoms with Crippen molar-refractivity contribution < 1.29 is 18.9 Å². The zero-order chi connectivity index (χ0) is 27.0. The number of hydrogen-bond donors (Lipinski definition) is 2. The van der Waals surface area contributed by atoms with Crippen molar-refractivity contribution in [1.29, 1.82) is 0 Å². The van der Waals surface area contributed by atoms with E-state index < -0.39 is 22.6 Å². The van der Waals surface area contributed by atoms with Gasteiger partial charge in [-0.2, -0.15) is 0 Å². The molecule has 1 aliphatic carbocycles. The lowest BCUT2D eigenvalue weighted by molar-refractivity contribution is -0.384. The lowest BCUT2D eigenvalue weighted by Crippen LogP contribution is -2.37. The van der Waals surface area contributed by atoms with Gasteiger partial charge in [0.25, 0.3) is 11.6 Å².